The van der Waals surface area contributed by atoms with E-state index in [2.05, 4.69) is 24.7 Å². The molecule has 156 valence electrons. The van der Waals surface area contributed by atoms with E-state index in [1.54, 1.807) is 53.2 Å². The number of rotatable bonds is 3. The molecule has 8 nitrogen and oxygen atoms in total. The van der Waals surface area contributed by atoms with Crippen LogP contribution in [0, 0.1) is 0 Å². The quantitative estimate of drug-likeness (QED) is 0.474. The number of nitrogens with one attached hydrogen (secondary N) is 1. The molecule has 0 unspecified atom stereocenters. The Kier molecular flexibility index (Phi) is 4.07. The number of benzene rings is 1. The molecule has 0 spiro atoms. The molecule has 31 heavy (non-hydrogen) atoms. The molecule has 4 heterocycles. The first kappa shape index (κ1) is 18.9. The molecule has 0 aliphatic heterocycles. The van der Waals surface area contributed by atoms with Crippen LogP contribution in [0.4, 0.5) is 13.2 Å². The lowest BCUT2D eigenvalue weighted by atomic mass is 10.1. The monoisotopic (exact) mass is 426 g/mol. The zero-order valence-corrected chi connectivity index (χ0v) is 15.9. The van der Waals surface area contributed by atoms with Gasteiger partial charge in [0, 0.05) is 36.1 Å². The number of aromatic nitrogens is 6. The van der Waals surface area contributed by atoms with Gasteiger partial charge in [-0.15, -0.1) is 0 Å². The molecule has 0 aliphatic rings. The van der Waals surface area contributed by atoms with Gasteiger partial charge in [-0.1, -0.05) is 29.4 Å². The van der Waals surface area contributed by atoms with Gasteiger partial charge < -0.3 is 4.40 Å². The first-order chi connectivity index (χ1) is 14.8. The topological polar surface area (TPSA) is 94.0 Å². The highest BCUT2D eigenvalue weighted by atomic mass is 19.4. The van der Waals surface area contributed by atoms with Gasteiger partial charge >= 0.3 is 11.9 Å². The fourth-order valence-electron chi connectivity index (χ4n) is 3.31. The highest BCUT2D eigenvalue weighted by molar-refractivity contribution is 5.69. The lowest BCUT2D eigenvalue weighted by molar-refractivity contribution is -0.143. The zero-order valence-electron chi connectivity index (χ0n) is 15.9. The third-order valence-corrected chi connectivity index (χ3v) is 4.81. The number of hydrogen-bond acceptors (Lipinski definition) is 5. The number of H-pyrrole nitrogens is 1. The van der Waals surface area contributed by atoms with Crippen LogP contribution in [0.25, 0.3) is 39.5 Å². The second-order valence-corrected chi connectivity index (χ2v) is 6.87. The Labute approximate surface area is 171 Å². The smallest absolute Gasteiger partial charge is 0.306 e. The van der Waals surface area contributed by atoms with Crippen molar-refractivity contribution in [1.82, 2.24) is 29.3 Å². The normalized spacial score (nSPS) is 12.0. The molecule has 0 bridgehead atoms. The summed E-state index contributed by atoms with van der Waals surface area (Å²) in [6.45, 7) is 0. The summed E-state index contributed by atoms with van der Waals surface area (Å²) in [7, 11) is 1.26. The summed E-state index contributed by atoms with van der Waals surface area (Å²) in [5.74, 6) is -0.336. The summed E-state index contributed by atoms with van der Waals surface area (Å²) in [5, 5.41) is 7.63. The molecule has 0 aliphatic carbocycles. The standard InChI is InChI=1S/C20H13F3N6O2/c1-28-16(20(21,22)23)8-14(26-28)11-2-4-12(5-3-11)15-10-29-9-13(6-7-17(29)24-15)18-25-19(30)31-27-18/h2-10H,1H3,(H,25,27,30). The van der Waals surface area contributed by atoms with Crippen molar-refractivity contribution < 1.29 is 17.7 Å². The summed E-state index contributed by atoms with van der Waals surface area (Å²) in [5.41, 5.74) is 2.78. The molecule has 1 N–H and O–H groups in total. The Morgan fingerprint density at radius 2 is 1.65 bits per heavy atom. The predicted octanol–water partition coefficient (Wildman–Crippen LogP) is 3.76. The number of nitrogens with zero attached hydrogens (tertiary/aromatic N) is 5. The van der Waals surface area contributed by atoms with E-state index in [4.69, 9.17) is 0 Å². The minimum absolute atomic E-state index is 0.239. The van der Waals surface area contributed by atoms with E-state index in [0.29, 0.717) is 28.3 Å². The van der Waals surface area contributed by atoms with Gasteiger partial charge in [-0.05, 0) is 18.2 Å². The Morgan fingerprint density at radius 1 is 0.968 bits per heavy atom. The van der Waals surface area contributed by atoms with Crippen LogP contribution in [0.1, 0.15) is 5.69 Å². The van der Waals surface area contributed by atoms with Gasteiger partial charge in [-0.3, -0.25) is 14.2 Å². The van der Waals surface area contributed by atoms with Gasteiger partial charge in [0.2, 0.25) is 0 Å². The molecule has 4 aromatic heterocycles. The summed E-state index contributed by atoms with van der Waals surface area (Å²) < 4.78 is 46.1. The highest BCUT2D eigenvalue weighted by Crippen LogP contribution is 2.32. The summed E-state index contributed by atoms with van der Waals surface area (Å²) >= 11 is 0. The maximum absolute atomic E-state index is 13.0. The fourth-order valence-corrected chi connectivity index (χ4v) is 3.31. The van der Waals surface area contributed by atoms with Crippen molar-refractivity contribution in [3.8, 4) is 33.9 Å². The van der Waals surface area contributed by atoms with Crippen LogP contribution in [-0.2, 0) is 13.2 Å². The van der Waals surface area contributed by atoms with Crippen LogP contribution in [0.5, 0.6) is 0 Å². The largest absolute Gasteiger partial charge is 0.439 e. The molecule has 0 atom stereocenters. The van der Waals surface area contributed by atoms with Crippen LogP contribution in [-0.4, -0.2) is 29.3 Å². The van der Waals surface area contributed by atoms with Crippen LogP contribution < -0.4 is 5.76 Å². The van der Waals surface area contributed by atoms with Crippen molar-refractivity contribution in [3.05, 3.63) is 71.1 Å². The highest BCUT2D eigenvalue weighted by Gasteiger charge is 2.35. The second-order valence-electron chi connectivity index (χ2n) is 6.87. The van der Waals surface area contributed by atoms with E-state index in [-0.39, 0.29) is 5.69 Å². The number of alkyl halides is 3. The summed E-state index contributed by atoms with van der Waals surface area (Å²) in [6, 6.07) is 11.5. The Bertz CT molecular complexity index is 1460. The molecule has 0 saturated heterocycles. The molecule has 0 amide bonds. The fraction of sp³-hybridized carbons (Fsp3) is 0.100. The van der Waals surface area contributed by atoms with E-state index in [1.807, 2.05) is 0 Å². The van der Waals surface area contributed by atoms with Crippen LogP contribution in [0.2, 0.25) is 0 Å². The van der Waals surface area contributed by atoms with Gasteiger partial charge in [0.05, 0.1) is 11.4 Å². The number of aryl methyl sites for hydroxylation is 1. The minimum Gasteiger partial charge on any atom is -0.306 e. The van der Waals surface area contributed by atoms with E-state index in [1.165, 1.54) is 7.05 Å². The molecule has 5 aromatic rings. The number of pyridine rings is 1. The van der Waals surface area contributed by atoms with Crippen LogP contribution in [0.15, 0.2) is 64.2 Å². The Morgan fingerprint density at radius 3 is 2.26 bits per heavy atom. The first-order valence-corrected chi connectivity index (χ1v) is 9.05. The molecule has 0 fully saturated rings. The van der Waals surface area contributed by atoms with Crippen molar-refractivity contribution >= 4 is 5.65 Å². The molecule has 11 heteroatoms. The zero-order chi connectivity index (χ0) is 21.8. The number of imidazole rings is 1. The average Bonchev–Trinajstić information content (AvgIpc) is 3.44. The number of aromatic amines is 1. The van der Waals surface area contributed by atoms with Crippen molar-refractivity contribution in [2.75, 3.05) is 0 Å². The minimum atomic E-state index is -4.46. The van der Waals surface area contributed by atoms with Crippen molar-refractivity contribution in [1.29, 1.82) is 0 Å². The van der Waals surface area contributed by atoms with Gasteiger partial charge in [0.1, 0.15) is 11.3 Å². The molecule has 5 rings (SSSR count). The maximum Gasteiger partial charge on any atom is 0.439 e. The predicted molar refractivity (Wildman–Crippen MR) is 104 cm³/mol. The average molecular weight is 426 g/mol. The summed E-state index contributed by atoms with van der Waals surface area (Å²) in [4.78, 5) is 18.2. The van der Waals surface area contributed by atoms with Crippen molar-refractivity contribution in [2.24, 2.45) is 7.05 Å². The van der Waals surface area contributed by atoms with E-state index in [0.717, 1.165) is 16.3 Å². The maximum atomic E-state index is 13.0. The molecular weight excluding hydrogens is 413 g/mol. The van der Waals surface area contributed by atoms with Crippen molar-refractivity contribution in [2.45, 2.75) is 6.18 Å². The van der Waals surface area contributed by atoms with Crippen molar-refractivity contribution in [3.63, 3.8) is 0 Å². The molecule has 0 saturated carbocycles. The van der Waals surface area contributed by atoms with E-state index >= 15 is 0 Å². The third kappa shape index (κ3) is 3.39. The van der Waals surface area contributed by atoms with Crippen LogP contribution in [0.3, 0.4) is 0 Å². The van der Waals surface area contributed by atoms with Gasteiger partial charge in [0.15, 0.2) is 5.82 Å². The number of halogens is 3. The molecule has 0 radical (unpaired) electrons. The van der Waals surface area contributed by atoms with Crippen LogP contribution >= 0.6 is 0 Å². The lowest BCUT2D eigenvalue weighted by Crippen LogP contribution is -2.11. The molecular formula is C20H13F3N6O2. The second kappa shape index (κ2) is 6.69. The SMILES string of the molecule is Cn1nc(-c2ccc(-c3cn4cc(-c5noc(=O)[nH]5)ccc4n3)cc2)cc1C(F)(F)F. The number of hydrogen-bond donors (Lipinski definition) is 1. The third-order valence-electron chi connectivity index (χ3n) is 4.81. The molecule has 1 aromatic carbocycles. The summed E-state index contributed by atoms with van der Waals surface area (Å²) in [6.07, 6.45) is -0.913. The lowest BCUT2D eigenvalue weighted by Gasteiger charge is -2.04. The van der Waals surface area contributed by atoms with E-state index in [9.17, 15) is 18.0 Å². The van der Waals surface area contributed by atoms with Gasteiger partial charge in [-0.2, -0.15) is 18.3 Å². The first-order valence-electron chi connectivity index (χ1n) is 9.05. The van der Waals surface area contributed by atoms with Gasteiger partial charge in [-0.25, -0.2) is 9.78 Å². The Balaban J connectivity index is 1.46. The Hall–Kier alpha value is -4.15. The number of fused-ring (bicyclic) bond motifs is 1. The van der Waals surface area contributed by atoms with Gasteiger partial charge in [0.25, 0.3) is 0 Å². The van der Waals surface area contributed by atoms with E-state index < -0.39 is 17.6 Å².